The second-order valence-corrected chi connectivity index (χ2v) is 15.6. The lowest BCUT2D eigenvalue weighted by molar-refractivity contribution is 0.669. The highest BCUT2D eigenvalue weighted by Crippen LogP contribution is 2.45. The normalized spacial score (nSPS) is 11.9. The fourth-order valence-corrected chi connectivity index (χ4v) is 9.70. The van der Waals surface area contributed by atoms with Crippen LogP contribution in [0.5, 0.6) is 0 Å². The second kappa shape index (κ2) is 12.6. The Bertz CT molecular complexity index is 3490. The van der Waals surface area contributed by atoms with E-state index in [4.69, 9.17) is 14.4 Å². The van der Waals surface area contributed by atoms with Gasteiger partial charge < -0.3 is 8.98 Å². The summed E-state index contributed by atoms with van der Waals surface area (Å²) >= 11 is 1.77. The minimum absolute atomic E-state index is 0.712. The molecule has 0 saturated carbocycles. The Morgan fingerprint density at radius 2 is 1.04 bits per heavy atom. The first-order valence-corrected chi connectivity index (χ1v) is 20.0. The molecule has 0 radical (unpaired) electrons. The number of nitrogens with zero attached hydrogens (tertiary/aromatic N) is 3. The van der Waals surface area contributed by atoms with Crippen LogP contribution >= 0.6 is 11.3 Å². The highest BCUT2D eigenvalue weighted by molar-refractivity contribution is 7.26. The third kappa shape index (κ3) is 5.06. The largest absolute Gasteiger partial charge is 0.456 e. The van der Waals surface area contributed by atoms with Crippen molar-refractivity contribution in [3.8, 4) is 50.6 Å². The van der Waals surface area contributed by atoms with E-state index in [1.54, 1.807) is 11.3 Å². The van der Waals surface area contributed by atoms with Gasteiger partial charge in [-0.15, -0.1) is 11.3 Å². The monoisotopic (exact) mass is 745 g/mol. The maximum absolute atomic E-state index is 6.42. The van der Waals surface area contributed by atoms with Crippen LogP contribution in [-0.2, 0) is 0 Å². The van der Waals surface area contributed by atoms with Crippen molar-refractivity contribution in [3.63, 3.8) is 0 Å². The first-order chi connectivity index (χ1) is 28.2. The molecule has 0 aliphatic heterocycles. The molecule has 4 nitrogen and oxygen atoms in total. The van der Waals surface area contributed by atoms with Crippen LogP contribution in [0.4, 0.5) is 0 Å². The van der Waals surface area contributed by atoms with Crippen LogP contribution < -0.4 is 0 Å². The molecule has 0 spiro atoms. The Morgan fingerprint density at radius 1 is 0.421 bits per heavy atom. The van der Waals surface area contributed by atoms with E-state index in [1.807, 2.05) is 12.1 Å². The lowest BCUT2D eigenvalue weighted by atomic mass is 10.0. The molecule has 57 heavy (non-hydrogen) atoms. The lowest BCUT2D eigenvalue weighted by Gasteiger charge is -2.10. The Labute approximate surface area is 331 Å². The quantitative estimate of drug-likeness (QED) is 0.176. The van der Waals surface area contributed by atoms with Crippen molar-refractivity contribution in [1.29, 1.82) is 0 Å². The van der Waals surface area contributed by atoms with Crippen LogP contribution in [0.1, 0.15) is 0 Å². The summed E-state index contributed by atoms with van der Waals surface area (Å²) in [6.07, 6.45) is 0. The van der Waals surface area contributed by atoms with E-state index in [-0.39, 0.29) is 0 Å². The molecule has 0 amide bonds. The second-order valence-electron chi connectivity index (χ2n) is 14.5. The average molecular weight is 746 g/mol. The van der Waals surface area contributed by atoms with Gasteiger partial charge in [-0.2, -0.15) is 0 Å². The molecule has 5 heteroatoms. The van der Waals surface area contributed by atoms with E-state index in [0.717, 1.165) is 76.6 Å². The van der Waals surface area contributed by atoms with E-state index in [1.165, 1.54) is 32.2 Å². The fourth-order valence-electron chi connectivity index (χ4n) is 8.53. The zero-order chi connectivity index (χ0) is 37.5. The summed E-state index contributed by atoms with van der Waals surface area (Å²) in [5.41, 5.74) is 13.8. The summed E-state index contributed by atoms with van der Waals surface area (Å²) < 4.78 is 11.1. The van der Waals surface area contributed by atoms with E-state index in [9.17, 15) is 0 Å². The number of benzene rings is 8. The first kappa shape index (κ1) is 32.0. The number of furan rings is 1. The minimum Gasteiger partial charge on any atom is -0.456 e. The van der Waals surface area contributed by atoms with Gasteiger partial charge in [0.25, 0.3) is 0 Å². The molecule has 0 aliphatic carbocycles. The molecular weight excluding hydrogens is 715 g/mol. The van der Waals surface area contributed by atoms with Crippen LogP contribution in [0.2, 0.25) is 0 Å². The van der Waals surface area contributed by atoms with Crippen LogP contribution in [-0.4, -0.2) is 14.5 Å². The average Bonchev–Trinajstić information content (AvgIpc) is 3.95. The van der Waals surface area contributed by atoms with Crippen molar-refractivity contribution >= 4 is 75.4 Å². The van der Waals surface area contributed by atoms with Crippen molar-refractivity contribution in [1.82, 2.24) is 14.5 Å². The van der Waals surface area contributed by atoms with Gasteiger partial charge in [0.05, 0.1) is 38.0 Å². The molecule has 0 atom stereocenters. The molecule has 0 unspecified atom stereocenters. The summed E-state index contributed by atoms with van der Waals surface area (Å²) in [5, 5.41) is 5.70. The molecule has 0 fully saturated rings. The number of fused-ring (bicyclic) bond motifs is 9. The van der Waals surface area contributed by atoms with Gasteiger partial charge in [0, 0.05) is 37.4 Å². The van der Waals surface area contributed by atoms with E-state index < -0.39 is 0 Å². The molecular formula is C52H31N3OS. The van der Waals surface area contributed by atoms with Crippen LogP contribution in [0.25, 0.3) is 115 Å². The number of aromatic nitrogens is 3. The summed E-state index contributed by atoms with van der Waals surface area (Å²) in [4.78, 5) is 10.7. The topological polar surface area (TPSA) is 43.9 Å². The smallest absolute Gasteiger partial charge is 0.160 e. The molecule has 0 N–H and O–H groups in total. The third-order valence-corrected chi connectivity index (χ3v) is 12.4. The van der Waals surface area contributed by atoms with Gasteiger partial charge in [-0.3, -0.25) is 0 Å². The molecule has 0 aliphatic rings. The zero-order valence-corrected chi connectivity index (χ0v) is 31.4. The van der Waals surface area contributed by atoms with Crippen molar-refractivity contribution in [3.05, 3.63) is 188 Å². The number of para-hydroxylation sites is 1. The van der Waals surface area contributed by atoms with Gasteiger partial charge in [0.15, 0.2) is 5.82 Å². The summed E-state index contributed by atoms with van der Waals surface area (Å²) in [7, 11) is 0. The van der Waals surface area contributed by atoms with Gasteiger partial charge in [0.1, 0.15) is 11.2 Å². The number of thiophene rings is 1. The predicted molar refractivity (Wildman–Crippen MR) is 238 cm³/mol. The van der Waals surface area contributed by atoms with E-state index >= 15 is 0 Å². The minimum atomic E-state index is 0.712. The van der Waals surface area contributed by atoms with Crippen LogP contribution in [0.15, 0.2) is 192 Å². The first-order valence-electron chi connectivity index (χ1n) is 19.1. The summed E-state index contributed by atoms with van der Waals surface area (Å²) in [6, 6.07) is 66.6. The summed E-state index contributed by atoms with van der Waals surface area (Å²) in [6.45, 7) is 0. The Kier molecular flexibility index (Phi) is 7.06. The molecule has 0 saturated heterocycles. The molecule has 8 aromatic carbocycles. The third-order valence-electron chi connectivity index (χ3n) is 11.2. The Hall–Kier alpha value is -7.34. The van der Waals surface area contributed by atoms with Crippen LogP contribution in [0, 0.1) is 0 Å². The van der Waals surface area contributed by atoms with Gasteiger partial charge in [-0.1, -0.05) is 146 Å². The molecule has 4 heterocycles. The van der Waals surface area contributed by atoms with Crippen molar-refractivity contribution in [2.75, 3.05) is 0 Å². The molecule has 12 rings (SSSR count). The highest BCUT2D eigenvalue weighted by Gasteiger charge is 2.22. The molecule has 12 aromatic rings. The molecule has 4 aromatic heterocycles. The number of hydrogen-bond donors (Lipinski definition) is 0. The lowest BCUT2D eigenvalue weighted by Crippen LogP contribution is -1.95. The SMILES string of the molecule is c1ccc(-c2ccc(-c3nc(-c4ccccc4)c4sc5cc6c7cc(-c8ccccc8)ccc7n(-c7cccc8oc9ccccc9c78)c6cc5c4n3)cc2)cc1. The predicted octanol–water partition coefficient (Wildman–Crippen LogP) is 14.5. The van der Waals surface area contributed by atoms with Gasteiger partial charge in [-0.25, -0.2) is 9.97 Å². The zero-order valence-electron chi connectivity index (χ0n) is 30.6. The summed E-state index contributed by atoms with van der Waals surface area (Å²) in [5.74, 6) is 0.712. The van der Waals surface area contributed by atoms with E-state index in [2.05, 4.69) is 180 Å². The van der Waals surface area contributed by atoms with Gasteiger partial charge in [-0.05, 0) is 64.7 Å². The standard InChI is InChI=1S/C52H31N3OS/c1-4-13-32(14-5-1)34-23-25-36(26-24-34)52-53-49(35-17-8-3-9-18-35)51-50(54-52)41-30-44-40(31-47(41)57-51)39-29-37(33-15-6-2-7-16-33)27-28-42(39)55(44)43-20-12-22-46-48(43)38-19-10-11-21-45(38)56-46/h1-31H. The highest BCUT2D eigenvalue weighted by atomic mass is 32.1. The maximum Gasteiger partial charge on any atom is 0.160 e. The van der Waals surface area contributed by atoms with Crippen molar-refractivity contribution in [2.45, 2.75) is 0 Å². The van der Waals surface area contributed by atoms with Crippen molar-refractivity contribution < 1.29 is 4.42 Å². The van der Waals surface area contributed by atoms with Gasteiger partial charge >= 0.3 is 0 Å². The molecule has 0 bridgehead atoms. The van der Waals surface area contributed by atoms with Gasteiger partial charge in [0.2, 0.25) is 0 Å². The molecule has 266 valence electrons. The Balaban J connectivity index is 1.16. The van der Waals surface area contributed by atoms with E-state index in [0.29, 0.717) is 5.82 Å². The maximum atomic E-state index is 6.42. The fraction of sp³-hybridized carbons (Fsp3) is 0. The van der Waals surface area contributed by atoms with Crippen molar-refractivity contribution in [2.24, 2.45) is 0 Å². The van der Waals surface area contributed by atoms with Crippen LogP contribution in [0.3, 0.4) is 0 Å². The number of hydrogen-bond acceptors (Lipinski definition) is 4. The Morgan fingerprint density at radius 3 is 1.81 bits per heavy atom. The number of rotatable bonds is 5.